The van der Waals surface area contributed by atoms with Crippen LogP contribution in [0.3, 0.4) is 0 Å². The van der Waals surface area contributed by atoms with Crippen molar-refractivity contribution < 1.29 is 14.0 Å². The number of hydrogen-bond acceptors (Lipinski definition) is 4. The Morgan fingerprint density at radius 1 is 1.23 bits per heavy atom. The fraction of sp³-hybridized carbons (Fsp3) is 0.111. The van der Waals surface area contributed by atoms with Crippen LogP contribution in [0.25, 0.3) is 10.9 Å². The number of nitrogens with one attached hydrogen (secondary N) is 1. The van der Waals surface area contributed by atoms with Crippen molar-refractivity contribution in [3.63, 3.8) is 0 Å². The second kappa shape index (κ2) is 6.75. The lowest BCUT2D eigenvalue weighted by Gasteiger charge is -2.11. The molecule has 0 aliphatic rings. The molecule has 8 heteroatoms. The van der Waals surface area contributed by atoms with E-state index in [1.54, 1.807) is 19.1 Å². The van der Waals surface area contributed by atoms with Crippen LogP contribution in [-0.4, -0.2) is 21.6 Å². The molecule has 3 N–H and O–H groups in total. The molecule has 0 bridgehead atoms. The molecule has 2 aromatic carbocycles. The number of hydrogen-bond donors (Lipinski definition) is 2. The standard InChI is InChI=1S/C18H15FN4O3/c1-2-23-14-7-6-11(19)9-13(14)16(24)15(22-23)18(26)21-12-5-3-4-10(8-12)17(20)25/h3-9H,2H2,1H3,(H2,20,25)(H,21,26). The molecule has 1 heterocycles. The quantitative estimate of drug-likeness (QED) is 0.746. The number of benzene rings is 2. The Hall–Kier alpha value is -3.55. The van der Waals surface area contributed by atoms with E-state index < -0.39 is 23.1 Å². The summed E-state index contributed by atoms with van der Waals surface area (Å²) in [6.07, 6.45) is 0. The van der Waals surface area contributed by atoms with Crippen LogP contribution in [0.5, 0.6) is 0 Å². The van der Waals surface area contributed by atoms with Gasteiger partial charge in [-0.25, -0.2) is 4.39 Å². The van der Waals surface area contributed by atoms with Crippen molar-refractivity contribution in [3.05, 3.63) is 69.8 Å². The summed E-state index contributed by atoms with van der Waals surface area (Å²) in [5.41, 5.74) is 5.10. The van der Waals surface area contributed by atoms with Gasteiger partial charge < -0.3 is 11.1 Å². The number of nitrogens with zero attached hydrogens (tertiary/aromatic N) is 2. The Balaban J connectivity index is 2.06. The molecule has 0 fully saturated rings. The number of halogens is 1. The van der Waals surface area contributed by atoms with E-state index in [0.717, 1.165) is 6.07 Å². The fourth-order valence-corrected chi connectivity index (χ4v) is 2.59. The third-order valence-electron chi connectivity index (χ3n) is 3.84. The highest BCUT2D eigenvalue weighted by molar-refractivity contribution is 6.05. The van der Waals surface area contributed by atoms with Crippen molar-refractivity contribution in [2.24, 2.45) is 5.73 Å². The number of aryl methyl sites for hydroxylation is 1. The van der Waals surface area contributed by atoms with Gasteiger partial charge in [-0.2, -0.15) is 5.10 Å². The summed E-state index contributed by atoms with van der Waals surface area (Å²) in [5, 5.41) is 6.66. The van der Waals surface area contributed by atoms with E-state index in [2.05, 4.69) is 10.4 Å². The van der Waals surface area contributed by atoms with E-state index >= 15 is 0 Å². The van der Waals surface area contributed by atoms with Gasteiger partial charge in [-0.1, -0.05) is 6.07 Å². The van der Waals surface area contributed by atoms with E-state index in [1.165, 1.54) is 28.9 Å². The normalized spacial score (nSPS) is 10.7. The largest absolute Gasteiger partial charge is 0.366 e. The number of fused-ring (bicyclic) bond motifs is 1. The van der Waals surface area contributed by atoms with Gasteiger partial charge in [0.25, 0.3) is 5.91 Å². The molecule has 2 amide bonds. The number of primary amides is 1. The maximum atomic E-state index is 13.5. The van der Waals surface area contributed by atoms with Crippen LogP contribution in [0.4, 0.5) is 10.1 Å². The zero-order valence-electron chi connectivity index (χ0n) is 13.8. The molecule has 3 aromatic rings. The van der Waals surface area contributed by atoms with Crippen molar-refractivity contribution in [3.8, 4) is 0 Å². The van der Waals surface area contributed by atoms with E-state index in [0.29, 0.717) is 12.1 Å². The lowest BCUT2D eigenvalue weighted by atomic mass is 10.1. The zero-order valence-corrected chi connectivity index (χ0v) is 13.8. The summed E-state index contributed by atoms with van der Waals surface area (Å²) in [6, 6.07) is 9.73. The molecule has 0 radical (unpaired) electrons. The number of amides is 2. The summed E-state index contributed by atoms with van der Waals surface area (Å²) >= 11 is 0. The highest BCUT2D eigenvalue weighted by atomic mass is 19.1. The van der Waals surface area contributed by atoms with E-state index in [-0.39, 0.29) is 22.3 Å². The molecular weight excluding hydrogens is 339 g/mol. The summed E-state index contributed by atoms with van der Waals surface area (Å²) in [5.74, 6) is -1.98. The first-order chi connectivity index (χ1) is 12.4. The van der Waals surface area contributed by atoms with Crippen molar-refractivity contribution in [1.29, 1.82) is 0 Å². The summed E-state index contributed by atoms with van der Waals surface area (Å²) in [4.78, 5) is 36.3. The topological polar surface area (TPSA) is 107 Å². The Labute approximate surface area is 147 Å². The molecule has 132 valence electrons. The highest BCUT2D eigenvalue weighted by Crippen LogP contribution is 2.14. The van der Waals surface area contributed by atoms with E-state index in [9.17, 15) is 18.8 Å². The Morgan fingerprint density at radius 3 is 2.69 bits per heavy atom. The van der Waals surface area contributed by atoms with Crippen LogP contribution in [0.15, 0.2) is 47.3 Å². The molecule has 3 rings (SSSR count). The number of anilines is 1. The lowest BCUT2D eigenvalue weighted by Crippen LogP contribution is -2.27. The van der Waals surface area contributed by atoms with Crippen LogP contribution < -0.4 is 16.5 Å². The fourth-order valence-electron chi connectivity index (χ4n) is 2.59. The van der Waals surface area contributed by atoms with Gasteiger partial charge in [0.15, 0.2) is 5.69 Å². The average molecular weight is 354 g/mol. The maximum absolute atomic E-state index is 13.5. The molecule has 0 unspecified atom stereocenters. The monoisotopic (exact) mass is 354 g/mol. The minimum absolute atomic E-state index is 0.0675. The zero-order chi connectivity index (χ0) is 18.8. The SMILES string of the molecule is CCn1nc(C(=O)Nc2cccc(C(N)=O)c2)c(=O)c2cc(F)ccc21. The molecule has 26 heavy (non-hydrogen) atoms. The highest BCUT2D eigenvalue weighted by Gasteiger charge is 2.18. The molecule has 0 saturated carbocycles. The number of rotatable bonds is 4. The number of carbonyl (C=O) groups is 2. The van der Waals surface area contributed by atoms with Gasteiger partial charge in [0.1, 0.15) is 5.82 Å². The van der Waals surface area contributed by atoms with Crippen LogP contribution in [0, 0.1) is 5.82 Å². The second-order valence-electron chi connectivity index (χ2n) is 5.55. The van der Waals surface area contributed by atoms with E-state index in [1.807, 2.05) is 0 Å². The van der Waals surface area contributed by atoms with Crippen LogP contribution in [-0.2, 0) is 6.54 Å². The molecule has 0 aliphatic carbocycles. The van der Waals surface area contributed by atoms with Gasteiger partial charge in [0, 0.05) is 17.8 Å². The minimum Gasteiger partial charge on any atom is -0.366 e. The first-order valence-corrected chi connectivity index (χ1v) is 7.82. The summed E-state index contributed by atoms with van der Waals surface area (Å²) < 4.78 is 15.0. The Bertz CT molecular complexity index is 1090. The minimum atomic E-state index is -0.759. The van der Waals surface area contributed by atoms with Crippen molar-refractivity contribution in [2.45, 2.75) is 13.5 Å². The van der Waals surface area contributed by atoms with Crippen molar-refractivity contribution >= 4 is 28.4 Å². The number of carbonyl (C=O) groups excluding carboxylic acids is 2. The third-order valence-corrected chi connectivity index (χ3v) is 3.84. The van der Waals surface area contributed by atoms with Gasteiger partial charge >= 0.3 is 0 Å². The number of aromatic nitrogens is 2. The second-order valence-corrected chi connectivity index (χ2v) is 5.55. The molecule has 0 aliphatic heterocycles. The summed E-state index contributed by atoms with van der Waals surface area (Å²) in [6.45, 7) is 2.18. The number of nitrogens with two attached hydrogens (primary N) is 1. The van der Waals surface area contributed by atoms with Gasteiger partial charge in [-0.3, -0.25) is 19.1 Å². The smallest absolute Gasteiger partial charge is 0.280 e. The van der Waals surface area contributed by atoms with Crippen molar-refractivity contribution in [1.82, 2.24) is 9.78 Å². The molecule has 0 spiro atoms. The molecular formula is C18H15FN4O3. The van der Waals surface area contributed by atoms with E-state index in [4.69, 9.17) is 5.73 Å². The molecule has 1 aromatic heterocycles. The third kappa shape index (κ3) is 3.16. The predicted molar refractivity (Wildman–Crippen MR) is 94.5 cm³/mol. The molecule has 7 nitrogen and oxygen atoms in total. The van der Waals surface area contributed by atoms with Gasteiger partial charge in [0.05, 0.1) is 10.9 Å². The summed E-state index contributed by atoms with van der Waals surface area (Å²) in [7, 11) is 0. The molecule has 0 atom stereocenters. The Morgan fingerprint density at radius 2 is 2.00 bits per heavy atom. The van der Waals surface area contributed by atoms with Crippen LogP contribution in [0.1, 0.15) is 27.8 Å². The van der Waals surface area contributed by atoms with Crippen LogP contribution in [0.2, 0.25) is 0 Å². The van der Waals surface area contributed by atoms with Crippen molar-refractivity contribution in [2.75, 3.05) is 5.32 Å². The average Bonchev–Trinajstić information content (AvgIpc) is 2.62. The van der Waals surface area contributed by atoms with Gasteiger partial charge in [-0.05, 0) is 43.3 Å². The Kier molecular flexibility index (Phi) is 4.49. The first kappa shape index (κ1) is 17.3. The molecule has 0 saturated heterocycles. The first-order valence-electron chi connectivity index (χ1n) is 7.82. The lowest BCUT2D eigenvalue weighted by molar-refractivity contribution is 0.0995. The van der Waals surface area contributed by atoms with Gasteiger partial charge in [0.2, 0.25) is 11.3 Å². The maximum Gasteiger partial charge on any atom is 0.280 e. The van der Waals surface area contributed by atoms with Crippen LogP contribution >= 0.6 is 0 Å². The predicted octanol–water partition coefficient (Wildman–Crippen LogP) is 1.91. The van der Waals surface area contributed by atoms with Gasteiger partial charge in [-0.15, -0.1) is 0 Å².